The van der Waals surface area contributed by atoms with Crippen LogP contribution in [0, 0.1) is 20.8 Å². The summed E-state index contributed by atoms with van der Waals surface area (Å²) in [5, 5.41) is 0. The molecular weight excluding hydrogens is 344 g/mol. The molecule has 0 heterocycles. The molecule has 0 aliphatic heterocycles. The summed E-state index contributed by atoms with van der Waals surface area (Å²) in [4.78, 5) is 16.2. The average molecular weight is 375 g/mol. The van der Waals surface area contributed by atoms with Crippen LogP contribution in [-0.2, 0) is 0 Å². The third kappa shape index (κ3) is 5.71. The molecule has 0 spiro atoms. The summed E-state index contributed by atoms with van der Waals surface area (Å²) in [6.07, 6.45) is 0. The topological polar surface area (TPSA) is 23.6 Å². The van der Waals surface area contributed by atoms with Crippen LogP contribution in [0.3, 0.4) is 0 Å². The van der Waals surface area contributed by atoms with Gasteiger partial charge >= 0.3 is 0 Å². The van der Waals surface area contributed by atoms with Crippen LogP contribution < -0.4 is 9.80 Å². The van der Waals surface area contributed by atoms with Crippen molar-refractivity contribution in [2.75, 3.05) is 30.9 Å². The molecule has 0 bridgehead atoms. The number of hydrogen-bond acceptors (Lipinski definition) is 2. The Bertz CT molecular complexity index is 914. The Labute approximate surface area is 169 Å². The van der Waals surface area contributed by atoms with Gasteiger partial charge in [0.05, 0.1) is 0 Å². The SMILES string of the molecule is Cc1ccc(N(C)C(=O)c2ccccc2C)cc1.Cc1cccc(N(C)C)c1. The van der Waals surface area contributed by atoms with Crippen molar-refractivity contribution in [1.29, 1.82) is 0 Å². The lowest BCUT2D eigenvalue weighted by atomic mass is 10.1. The van der Waals surface area contributed by atoms with Gasteiger partial charge in [0.25, 0.3) is 5.91 Å². The van der Waals surface area contributed by atoms with Gasteiger partial charge in [0, 0.05) is 38.1 Å². The highest BCUT2D eigenvalue weighted by Crippen LogP contribution is 2.18. The molecule has 3 aromatic rings. The first kappa shape index (κ1) is 21.2. The first-order valence-corrected chi connectivity index (χ1v) is 9.44. The Morgan fingerprint density at radius 1 is 0.679 bits per heavy atom. The molecule has 0 atom stereocenters. The first-order chi connectivity index (χ1) is 13.3. The Kier molecular flexibility index (Phi) is 7.39. The molecule has 3 aromatic carbocycles. The number of amides is 1. The van der Waals surface area contributed by atoms with Crippen LogP contribution in [0.25, 0.3) is 0 Å². The Balaban J connectivity index is 0.000000237. The second-order valence-electron chi connectivity index (χ2n) is 7.25. The fraction of sp³-hybridized carbons (Fsp3) is 0.240. The third-order valence-electron chi connectivity index (χ3n) is 4.62. The van der Waals surface area contributed by atoms with E-state index in [2.05, 4.69) is 50.2 Å². The molecule has 3 nitrogen and oxygen atoms in total. The number of rotatable bonds is 3. The Morgan fingerprint density at radius 2 is 1.32 bits per heavy atom. The summed E-state index contributed by atoms with van der Waals surface area (Å²) < 4.78 is 0. The third-order valence-corrected chi connectivity index (χ3v) is 4.62. The van der Waals surface area contributed by atoms with Crippen LogP contribution >= 0.6 is 0 Å². The summed E-state index contributed by atoms with van der Waals surface area (Å²) in [5.41, 5.74) is 6.43. The predicted molar refractivity (Wildman–Crippen MR) is 121 cm³/mol. The number of benzene rings is 3. The van der Waals surface area contributed by atoms with Crippen LogP contribution in [0.4, 0.5) is 11.4 Å². The molecule has 3 rings (SSSR count). The zero-order valence-electron chi connectivity index (χ0n) is 17.7. The van der Waals surface area contributed by atoms with E-state index in [1.807, 2.05) is 62.4 Å². The van der Waals surface area contributed by atoms with Crippen LogP contribution in [0.2, 0.25) is 0 Å². The average Bonchev–Trinajstić information content (AvgIpc) is 2.68. The molecule has 0 fully saturated rings. The van der Waals surface area contributed by atoms with E-state index < -0.39 is 0 Å². The molecule has 0 radical (unpaired) electrons. The summed E-state index contributed by atoms with van der Waals surface area (Å²) in [7, 11) is 5.91. The smallest absolute Gasteiger partial charge is 0.258 e. The van der Waals surface area contributed by atoms with Crippen molar-refractivity contribution in [2.45, 2.75) is 20.8 Å². The molecular formula is C25H30N2O. The summed E-state index contributed by atoms with van der Waals surface area (Å²) in [6, 6.07) is 24.1. The minimum atomic E-state index is 0.0250. The fourth-order valence-corrected chi connectivity index (χ4v) is 2.79. The highest BCUT2D eigenvalue weighted by molar-refractivity contribution is 6.06. The van der Waals surface area contributed by atoms with Gasteiger partial charge in [0.1, 0.15) is 0 Å². The van der Waals surface area contributed by atoms with Crippen molar-refractivity contribution < 1.29 is 4.79 Å². The summed E-state index contributed by atoms with van der Waals surface area (Å²) in [5.74, 6) is 0.0250. The number of anilines is 2. The molecule has 3 heteroatoms. The number of hydrogen-bond donors (Lipinski definition) is 0. The summed E-state index contributed by atoms with van der Waals surface area (Å²) >= 11 is 0. The fourth-order valence-electron chi connectivity index (χ4n) is 2.79. The van der Waals surface area contributed by atoms with E-state index in [1.54, 1.807) is 11.9 Å². The number of carbonyl (C=O) groups is 1. The van der Waals surface area contributed by atoms with Gasteiger partial charge in [0.2, 0.25) is 0 Å². The molecule has 0 aliphatic rings. The van der Waals surface area contributed by atoms with Crippen LogP contribution in [0.1, 0.15) is 27.0 Å². The number of carbonyl (C=O) groups excluding carboxylic acids is 1. The van der Waals surface area contributed by atoms with Gasteiger partial charge in [-0.05, 0) is 62.2 Å². The largest absolute Gasteiger partial charge is 0.378 e. The quantitative estimate of drug-likeness (QED) is 0.592. The minimum absolute atomic E-state index is 0.0250. The lowest BCUT2D eigenvalue weighted by molar-refractivity contribution is 0.0992. The van der Waals surface area contributed by atoms with Gasteiger partial charge in [0.15, 0.2) is 0 Å². The van der Waals surface area contributed by atoms with E-state index >= 15 is 0 Å². The van der Waals surface area contributed by atoms with E-state index in [0.29, 0.717) is 0 Å². The van der Waals surface area contributed by atoms with Gasteiger partial charge in [-0.25, -0.2) is 0 Å². The van der Waals surface area contributed by atoms with Gasteiger partial charge in [-0.1, -0.05) is 48.0 Å². The molecule has 0 aromatic heterocycles. The minimum Gasteiger partial charge on any atom is -0.378 e. The van der Waals surface area contributed by atoms with Crippen molar-refractivity contribution in [1.82, 2.24) is 0 Å². The van der Waals surface area contributed by atoms with E-state index in [1.165, 1.54) is 16.8 Å². The van der Waals surface area contributed by atoms with Gasteiger partial charge in [-0.2, -0.15) is 0 Å². The lowest BCUT2D eigenvalue weighted by Crippen LogP contribution is -2.26. The highest BCUT2D eigenvalue weighted by atomic mass is 16.2. The van der Waals surface area contributed by atoms with E-state index in [4.69, 9.17) is 0 Å². The number of nitrogens with zero attached hydrogens (tertiary/aromatic N) is 2. The molecule has 0 saturated heterocycles. The molecule has 146 valence electrons. The van der Waals surface area contributed by atoms with Crippen LogP contribution in [-0.4, -0.2) is 27.1 Å². The predicted octanol–water partition coefficient (Wildman–Crippen LogP) is 5.64. The second kappa shape index (κ2) is 9.75. The van der Waals surface area contributed by atoms with E-state index in [9.17, 15) is 4.79 Å². The second-order valence-corrected chi connectivity index (χ2v) is 7.25. The lowest BCUT2D eigenvalue weighted by Gasteiger charge is -2.18. The van der Waals surface area contributed by atoms with E-state index in [0.717, 1.165) is 16.8 Å². The standard InChI is InChI=1S/C16H17NO.C9H13N/c1-12-8-10-14(11-9-12)17(3)16(18)15-7-5-4-6-13(15)2;1-8-5-4-6-9(7-8)10(2)3/h4-11H,1-3H3;4-7H,1-3H3. The first-order valence-electron chi connectivity index (χ1n) is 9.44. The van der Waals surface area contributed by atoms with Crippen molar-refractivity contribution in [2.24, 2.45) is 0 Å². The van der Waals surface area contributed by atoms with Crippen LogP contribution in [0.15, 0.2) is 72.8 Å². The van der Waals surface area contributed by atoms with Crippen molar-refractivity contribution in [3.05, 3.63) is 95.1 Å². The highest BCUT2D eigenvalue weighted by Gasteiger charge is 2.14. The molecule has 28 heavy (non-hydrogen) atoms. The van der Waals surface area contributed by atoms with Gasteiger partial charge in [-0.15, -0.1) is 0 Å². The maximum atomic E-state index is 12.4. The molecule has 0 N–H and O–H groups in total. The van der Waals surface area contributed by atoms with Crippen LogP contribution in [0.5, 0.6) is 0 Å². The Hall–Kier alpha value is -3.07. The zero-order valence-corrected chi connectivity index (χ0v) is 17.7. The van der Waals surface area contributed by atoms with Gasteiger partial charge in [-0.3, -0.25) is 4.79 Å². The zero-order chi connectivity index (χ0) is 20.7. The normalized spacial score (nSPS) is 9.93. The monoisotopic (exact) mass is 374 g/mol. The van der Waals surface area contributed by atoms with Crippen molar-refractivity contribution in [3.63, 3.8) is 0 Å². The molecule has 0 unspecified atom stereocenters. The molecule has 1 amide bonds. The van der Waals surface area contributed by atoms with E-state index in [-0.39, 0.29) is 5.91 Å². The van der Waals surface area contributed by atoms with Gasteiger partial charge < -0.3 is 9.80 Å². The summed E-state index contributed by atoms with van der Waals surface area (Å²) in [6.45, 7) is 6.09. The number of aryl methyl sites for hydroxylation is 3. The van der Waals surface area contributed by atoms with Crippen molar-refractivity contribution >= 4 is 17.3 Å². The van der Waals surface area contributed by atoms with Crippen molar-refractivity contribution in [3.8, 4) is 0 Å². The molecule has 0 saturated carbocycles. The maximum Gasteiger partial charge on any atom is 0.258 e. The maximum absolute atomic E-state index is 12.4. The molecule has 0 aliphatic carbocycles. The Morgan fingerprint density at radius 3 is 1.86 bits per heavy atom.